The molecule has 0 radical (unpaired) electrons. The minimum Gasteiger partial charge on any atom is -0.489 e. The van der Waals surface area contributed by atoms with Gasteiger partial charge in [-0.05, 0) is 36.4 Å². The number of thioether (sulfide) groups is 1. The Morgan fingerprint density at radius 3 is 2.62 bits per heavy atom. The van der Waals surface area contributed by atoms with E-state index < -0.39 is 11.8 Å². The number of furan rings is 1. The van der Waals surface area contributed by atoms with Gasteiger partial charge in [0.15, 0.2) is 5.76 Å². The van der Waals surface area contributed by atoms with Crippen molar-refractivity contribution in [1.29, 1.82) is 0 Å². The van der Waals surface area contributed by atoms with E-state index in [2.05, 4.69) is 10.9 Å². The van der Waals surface area contributed by atoms with Gasteiger partial charge in [0.25, 0.3) is 0 Å². The minimum absolute atomic E-state index is 0.0441. The van der Waals surface area contributed by atoms with Crippen LogP contribution in [0.5, 0.6) is 5.75 Å². The second-order valence-corrected chi connectivity index (χ2v) is 7.60. The lowest BCUT2D eigenvalue weighted by Gasteiger charge is -2.09. The highest BCUT2D eigenvalue weighted by Gasteiger charge is 2.17. The van der Waals surface area contributed by atoms with Crippen LogP contribution >= 0.6 is 35.0 Å². The van der Waals surface area contributed by atoms with Gasteiger partial charge in [0.2, 0.25) is 5.91 Å². The number of hydrogen-bond acceptors (Lipinski definition) is 5. The van der Waals surface area contributed by atoms with Crippen LogP contribution in [-0.2, 0) is 11.4 Å². The maximum Gasteiger partial charge on any atom is 0.305 e. The van der Waals surface area contributed by atoms with Gasteiger partial charge < -0.3 is 9.15 Å². The molecule has 0 saturated heterocycles. The lowest BCUT2D eigenvalue weighted by atomic mass is 10.2. The largest absolute Gasteiger partial charge is 0.489 e. The van der Waals surface area contributed by atoms with Gasteiger partial charge in [-0.25, -0.2) is 0 Å². The van der Waals surface area contributed by atoms with Crippen LogP contribution in [0, 0.1) is 0 Å². The molecule has 0 atom stereocenters. The third-order valence-corrected chi connectivity index (χ3v) is 5.39. The number of ether oxygens (including phenoxy) is 1. The van der Waals surface area contributed by atoms with E-state index in [1.165, 1.54) is 18.0 Å². The molecule has 0 fully saturated rings. The Morgan fingerprint density at radius 2 is 1.83 bits per heavy atom. The molecular weight excluding hydrogens is 435 g/mol. The first kappa shape index (κ1) is 21.1. The zero-order valence-electron chi connectivity index (χ0n) is 15.0. The van der Waals surface area contributed by atoms with Crippen molar-refractivity contribution in [3.05, 3.63) is 82.2 Å². The molecule has 150 valence electrons. The first-order valence-electron chi connectivity index (χ1n) is 8.44. The molecule has 0 aliphatic heterocycles. The van der Waals surface area contributed by atoms with Gasteiger partial charge in [-0.1, -0.05) is 41.4 Å². The first-order chi connectivity index (χ1) is 14.0. The van der Waals surface area contributed by atoms with Gasteiger partial charge in [-0.2, -0.15) is 0 Å². The van der Waals surface area contributed by atoms with Crippen LogP contribution in [0.4, 0.5) is 0 Å². The number of carbonyl (C=O) groups excluding carboxylic acids is 2. The highest BCUT2D eigenvalue weighted by atomic mass is 35.5. The van der Waals surface area contributed by atoms with E-state index in [-0.39, 0.29) is 18.1 Å². The Labute approximate surface area is 181 Å². The number of nitrogens with one attached hydrogen (secondary N) is 2. The monoisotopic (exact) mass is 450 g/mol. The molecule has 29 heavy (non-hydrogen) atoms. The summed E-state index contributed by atoms with van der Waals surface area (Å²) in [7, 11) is 0. The molecule has 3 aromatic rings. The summed E-state index contributed by atoms with van der Waals surface area (Å²) in [5.74, 6) is -0.215. The average molecular weight is 451 g/mol. The molecule has 0 spiro atoms. The van der Waals surface area contributed by atoms with Crippen LogP contribution in [0.2, 0.25) is 10.0 Å². The number of hydrogen-bond donors (Lipinski definition) is 2. The fraction of sp³-hybridized carbons (Fsp3) is 0.100. The topological polar surface area (TPSA) is 80.6 Å². The summed E-state index contributed by atoms with van der Waals surface area (Å²) < 4.78 is 10.8. The zero-order chi connectivity index (χ0) is 20.6. The third kappa shape index (κ3) is 6.19. The Balaban J connectivity index is 1.48. The predicted octanol–water partition coefficient (Wildman–Crippen LogP) is 4.72. The molecule has 6 nitrogen and oxygen atoms in total. The summed E-state index contributed by atoms with van der Waals surface area (Å²) in [5.41, 5.74) is 5.22. The van der Waals surface area contributed by atoms with Crippen LogP contribution < -0.4 is 15.6 Å². The van der Waals surface area contributed by atoms with Crippen molar-refractivity contribution in [1.82, 2.24) is 10.9 Å². The number of benzene rings is 2. The van der Waals surface area contributed by atoms with E-state index in [9.17, 15) is 9.59 Å². The quantitative estimate of drug-likeness (QED) is 0.402. The van der Waals surface area contributed by atoms with Crippen LogP contribution in [-0.4, -0.2) is 17.6 Å². The van der Waals surface area contributed by atoms with Crippen molar-refractivity contribution >= 4 is 46.8 Å². The second kappa shape index (κ2) is 10.2. The smallest absolute Gasteiger partial charge is 0.305 e. The van der Waals surface area contributed by atoms with Gasteiger partial charge in [0.1, 0.15) is 12.4 Å². The Bertz CT molecular complexity index is 995. The number of para-hydroxylation sites is 1. The molecule has 9 heteroatoms. The third-order valence-electron chi connectivity index (χ3n) is 3.66. The zero-order valence-corrected chi connectivity index (χ0v) is 17.3. The van der Waals surface area contributed by atoms with Crippen LogP contribution in [0.15, 0.2) is 70.2 Å². The van der Waals surface area contributed by atoms with E-state index in [1.807, 2.05) is 30.3 Å². The number of carbonyl (C=O) groups is 2. The van der Waals surface area contributed by atoms with Crippen LogP contribution in [0.25, 0.3) is 0 Å². The number of hydrazine groups is 1. The molecule has 2 amide bonds. The average Bonchev–Trinajstić information content (AvgIpc) is 3.20. The van der Waals surface area contributed by atoms with Crippen LogP contribution in [0.1, 0.15) is 16.1 Å². The molecule has 0 unspecified atom stereocenters. The second-order valence-electron chi connectivity index (χ2n) is 5.74. The Morgan fingerprint density at radius 1 is 1.03 bits per heavy atom. The molecule has 2 N–H and O–H groups in total. The van der Waals surface area contributed by atoms with E-state index in [1.54, 1.807) is 24.3 Å². The van der Waals surface area contributed by atoms with Crippen molar-refractivity contribution in [2.75, 3.05) is 5.75 Å². The van der Waals surface area contributed by atoms with E-state index in [0.29, 0.717) is 26.3 Å². The summed E-state index contributed by atoms with van der Waals surface area (Å²) in [4.78, 5) is 25.0. The molecule has 1 aromatic heterocycles. The standard InChI is InChI=1S/C20H16Cl2N2O4S/c21-14-6-7-16(22)17(10-14)29-12-18(25)23-24-20(26)19-13(8-9-27-19)11-28-15-4-2-1-3-5-15/h1-10H,11-12H2,(H,23,25)(H,24,26). The molecular formula is C20H16Cl2N2O4S. The number of rotatable bonds is 7. The molecule has 3 rings (SSSR count). The Hall–Kier alpha value is -2.61. The van der Waals surface area contributed by atoms with Crippen molar-refractivity contribution in [3.8, 4) is 5.75 Å². The highest BCUT2D eigenvalue weighted by Crippen LogP contribution is 2.29. The summed E-state index contributed by atoms with van der Waals surface area (Å²) in [5, 5.41) is 1.02. The van der Waals surface area contributed by atoms with Gasteiger partial charge in [-0.15, -0.1) is 11.8 Å². The van der Waals surface area contributed by atoms with Crippen molar-refractivity contribution < 1.29 is 18.7 Å². The van der Waals surface area contributed by atoms with Crippen molar-refractivity contribution in [3.63, 3.8) is 0 Å². The van der Waals surface area contributed by atoms with Crippen molar-refractivity contribution in [2.45, 2.75) is 11.5 Å². The maximum absolute atomic E-state index is 12.3. The normalized spacial score (nSPS) is 10.4. The lowest BCUT2D eigenvalue weighted by Crippen LogP contribution is -2.42. The molecule has 0 saturated carbocycles. The summed E-state index contributed by atoms with van der Waals surface area (Å²) in [6, 6.07) is 15.8. The summed E-state index contributed by atoms with van der Waals surface area (Å²) in [6.45, 7) is 0.153. The van der Waals surface area contributed by atoms with Crippen molar-refractivity contribution in [2.24, 2.45) is 0 Å². The molecule has 0 aliphatic rings. The lowest BCUT2D eigenvalue weighted by molar-refractivity contribution is -0.119. The molecule has 2 aromatic carbocycles. The minimum atomic E-state index is -0.583. The van der Waals surface area contributed by atoms with E-state index >= 15 is 0 Å². The van der Waals surface area contributed by atoms with E-state index in [4.69, 9.17) is 32.4 Å². The molecule has 1 heterocycles. The fourth-order valence-electron chi connectivity index (χ4n) is 2.28. The Kier molecular flexibility index (Phi) is 7.46. The summed E-state index contributed by atoms with van der Waals surface area (Å²) >= 11 is 13.2. The van der Waals surface area contributed by atoms with Crippen LogP contribution in [0.3, 0.4) is 0 Å². The van der Waals surface area contributed by atoms with Gasteiger partial charge in [-0.3, -0.25) is 20.4 Å². The maximum atomic E-state index is 12.3. The molecule has 0 bridgehead atoms. The summed E-state index contributed by atoms with van der Waals surface area (Å²) in [6.07, 6.45) is 1.39. The number of halogens is 2. The molecule has 0 aliphatic carbocycles. The van der Waals surface area contributed by atoms with Gasteiger partial charge in [0, 0.05) is 15.5 Å². The predicted molar refractivity (Wildman–Crippen MR) is 112 cm³/mol. The first-order valence-corrected chi connectivity index (χ1v) is 10.2. The highest BCUT2D eigenvalue weighted by molar-refractivity contribution is 8.00. The number of amides is 2. The van der Waals surface area contributed by atoms with E-state index in [0.717, 1.165) is 0 Å². The van der Waals surface area contributed by atoms with Gasteiger partial charge >= 0.3 is 5.91 Å². The fourth-order valence-corrected chi connectivity index (χ4v) is 3.57. The SMILES string of the molecule is O=C(CSc1cc(Cl)ccc1Cl)NNC(=O)c1occc1COc1ccccc1. The van der Waals surface area contributed by atoms with Gasteiger partial charge in [0.05, 0.1) is 17.0 Å².